The Morgan fingerprint density at radius 3 is 2.65 bits per heavy atom. The number of H-pyrrole nitrogens is 1. The van der Waals surface area contributed by atoms with Crippen molar-refractivity contribution in [1.82, 2.24) is 15.0 Å². The first-order valence-electron chi connectivity index (χ1n) is 6.29. The lowest BCUT2D eigenvalue weighted by molar-refractivity contribution is 0.584. The van der Waals surface area contributed by atoms with Crippen LogP contribution in [0.25, 0.3) is 32.9 Å². The number of aromatic nitrogens is 3. The monoisotopic (exact) mass is 262 g/mol. The largest absolute Gasteiger partial charge is 0.354 e. The first-order chi connectivity index (χ1) is 9.81. The number of pyridine rings is 2. The molecule has 4 heteroatoms. The molecule has 3 aromatic heterocycles. The number of halogens is 1. The molecule has 96 valence electrons. The maximum absolute atomic E-state index is 13.2. The van der Waals surface area contributed by atoms with E-state index in [-0.39, 0.29) is 0 Å². The molecule has 0 bridgehead atoms. The van der Waals surface area contributed by atoms with E-state index in [0.717, 1.165) is 32.9 Å². The zero-order chi connectivity index (χ0) is 13.5. The molecule has 0 atom stereocenters. The standard InChI is InChI=1S/C16H10FN3/c17-16-8-11(3-6-19-16)10-1-2-12-13-9-18-5-4-14(13)20-15(12)7-10/h1-9,20H/i17-1. The SMILES string of the molecule is [18F]c1cc(-c2ccc3c(c2)[nH]c2ccncc23)ccn1. The van der Waals surface area contributed by atoms with Crippen molar-refractivity contribution < 1.29 is 4.39 Å². The highest BCUT2D eigenvalue weighted by Gasteiger charge is 2.06. The van der Waals surface area contributed by atoms with Gasteiger partial charge in [0, 0.05) is 46.5 Å². The van der Waals surface area contributed by atoms with E-state index < -0.39 is 5.95 Å². The van der Waals surface area contributed by atoms with Crippen LogP contribution in [0.3, 0.4) is 0 Å². The third-order valence-corrected chi connectivity index (χ3v) is 3.46. The minimum Gasteiger partial charge on any atom is -0.354 e. The van der Waals surface area contributed by atoms with Crippen molar-refractivity contribution in [2.45, 2.75) is 0 Å². The molecule has 0 aliphatic carbocycles. The van der Waals surface area contributed by atoms with E-state index in [2.05, 4.69) is 15.0 Å². The van der Waals surface area contributed by atoms with Gasteiger partial charge in [-0.3, -0.25) is 4.98 Å². The van der Waals surface area contributed by atoms with Crippen molar-refractivity contribution in [1.29, 1.82) is 0 Å². The molecular formula is C16H10FN3. The third-order valence-electron chi connectivity index (χ3n) is 3.46. The van der Waals surface area contributed by atoms with Crippen LogP contribution in [0, 0.1) is 5.95 Å². The van der Waals surface area contributed by atoms with E-state index in [1.165, 1.54) is 12.3 Å². The van der Waals surface area contributed by atoms with Gasteiger partial charge in [-0.25, -0.2) is 4.98 Å². The van der Waals surface area contributed by atoms with E-state index in [9.17, 15) is 4.39 Å². The highest BCUT2D eigenvalue weighted by Crippen LogP contribution is 2.29. The van der Waals surface area contributed by atoms with Crippen molar-refractivity contribution in [3.8, 4) is 11.1 Å². The minimum absolute atomic E-state index is 0.469. The van der Waals surface area contributed by atoms with Gasteiger partial charge in [0.25, 0.3) is 0 Å². The summed E-state index contributed by atoms with van der Waals surface area (Å²) in [6, 6.07) is 11.2. The van der Waals surface area contributed by atoms with Crippen molar-refractivity contribution in [2.24, 2.45) is 0 Å². The van der Waals surface area contributed by atoms with Gasteiger partial charge in [-0.05, 0) is 29.3 Å². The molecule has 4 aromatic rings. The summed E-state index contributed by atoms with van der Waals surface area (Å²) in [6.45, 7) is 0. The van der Waals surface area contributed by atoms with Crippen molar-refractivity contribution in [3.63, 3.8) is 0 Å². The van der Waals surface area contributed by atoms with Crippen LogP contribution < -0.4 is 0 Å². The zero-order valence-corrected chi connectivity index (χ0v) is 10.5. The highest BCUT2D eigenvalue weighted by molar-refractivity contribution is 6.07. The quantitative estimate of drug-likeness (QED) is 0.528. The van der Waals surface area contributed by atoms with E-state index >= 15 is 0 Å². The van der Waals surface area contributed by atoms with Crippen LogP contribution in [-0.4, -0.2) is 15.0 Å². The van der Waals surface area contributed by atoms with Crippen molar-refractivity contribution in [3.05, 3.63) is 60.9 Å². The Hall–Kier alpha value is -2.75. The van der Waals surface area contributed by atoms with Crippen molar-refractivity contribution in [2.75, 3.05) is 0 Å². The number of hydrogen-bond donors (Lipinski definition) is 1. The fourth-order valence-electron chi connectivity index (χ4n) is 2.51. The number of fused-ring (bicyclic) bond motifs is 3. The number of aromatic amines is 1. The summed E-state index contributed by atoms with van der Waals surface area (Å²) < 4.78 is 13.2. The topological polar surface area (TPSA) is 41.6 Å². The molecule has 0 aliphatic heterocycles. The van der Waals surface area contributed by atoms with Gasteiger partial charge in [0.2, 0.25) is 5.95 Å². The molecule has 0 radical (unpaired) electrons. The average molecular weight is 262 g/mol. The Bertz CT molecular complexity index is 927. The van der Waals surface area contributed by atoms with Crippen molar-refractivity contribution >= 4 is 21.8 Å². The van der Waals surface area contributed by atoms with Gasteiger partial charge in [-0.15, -0.1) is 0 Å². The van der Waals surface area contributed by atoms with Crippen LogP contribution >= 0.6 is 0 Å². The van der Waals surface area contributed by atoms with E-state index in [1.54, 1.807) is 12.3 Å². The lowest BCUT2D eigenvalue weighted by Gasteiger charge is -2.01. The molecule has 1 N–H and O–H groups in total. The number of benzene rings is 1. The average Bonchev–Trinajstić information content (AvgIpc) is 2.85. The normalized spacial score (nSPS) is 11.2. The van der Waals surface area contributed by atoms with Gasteiger partial charge in [0.1, 0.15) is 0 Å². The molecule has 0 aliphatic rings. The Morgan fingerprint density at radius 2 is 1.75 bits per heavy atom. The van der Waals surface area contributed by atoms with Crippen LogP contribution in [0.1, 0.15) is 0 Å². The smallest absolute Gasteiger partial charge is 0.213 e. The number of nitrogens with zero attached hydrogens (tertiary/aromatic N) is 2. The fraction of sp³-hybridized carbons (Fsp3) is 0. The summed E-state index contributed by atoms with van der Waals surface area (Å²) in [6.07, 6.45) is 5.08. The molecule has 0 spiro atoms. The van der Waals surface area contributed by atoms with Crippen LogP contribution in [0.4, 0.5) is 4.39 Å². The Balaban J connectivity index is 1.97. The number of nitrogens with one attached hydrogen (secondary N) is 1. The van der Waals surface area contributed by atoms with E-state index in [0.29, 0.717) is 0 Å². The molecule has 0 saturated heterocycles. The van der Waals surface area contributed by atoms with Crippen LogP contribution in [-0.2, 0) is 0 Å². The summed E-state index contributed by atoms with van der Waals surface area (Å²) in [5.74, 6) is -0.469. The predicted octanol–water partition coefficient (Wildman–Crippen LogP) is 3.92. The lowest BCUT2D eigenvalue weighted by Crippen LogP contribution is -1.83. The predicted molar refractivity (Wildman–Crippen MR) is 76.8 cm³/mol. The second-order valence-corrected chi connectivity index (χ2v) is 4.67. The number of hydrogen-bond acceptors (Lipinski definition) is 2. The van der Waals surface area contributed by atoms with Gasteiger partial charge in [-0.1, -0.05) is 12.1 Å². The Labute approximate surface area is 114 Å². The highest BCUT2D eigenvalue weighted by atomic mass is 18.2. The lowest BCUT2D eigenvalue weighted by atomic mass is 10.0. The Morgan fingerprint density at radius 1 is 0.850 bits per heavy atom. The molecular weight excluding hydrogens is 252 g/mol. The summed E-state index contributed by atoms with van der Waals surface area (Å²) in [4.78, 5) is 11.1. The molecule has 20 heavy (non-hydrogen) atoms. The summed E-state index contributed by atoms with van der Waals surface area (Å²) in [5.41, 5.74) is 3.84. The molecule has 1 aromatic carbocycles. The van der Waals surface area contributed by atoms with Gasteiger partial charge in [0.15, 0.2) is 0 Å². The van der Waals surface area contributed by atoms with Crippen LogP contribution in [0.15, 0.2) is 55.0 Å². The summed E-state index contributed by atoms with van der Waals surface area (Å²) >= 11 is 0. The second kappa shape index (κ2) is 4.13. The summed E-state index contributed by atoms with van der Waals surface area (Å²) in [5, 5.41) is 2.21. The molecule has 0 amide bonds. The van der Waals surface area contributed by atoms with Crippen LogP contribution in [0.5, 0.6) is 0 Å². The van der Waals surface area contributed by atoms with Gasteiger partial charge >= 0.3 is 0 Å². The second-order valence-electron chi connectivity index (χ2n) is 4.67. The number of rotatable bonds is 1. The minimum atomic E-state index is -0.469. The van der Waals surface area contributed by atoms with Gasteiger partial charge in [0.05, 0.1) is 0 Å². The third kappa shape index (κ3) is 1.66. The fourth-order valence-corrected chi connectivity index (χ4v) is 2.51. The molecule has 0 saturated carbocycles. The maximum Gasteiger partial charge on any atom is 0.213 e. The first kappa shape index (κ1) is 11.1. The van der Waals surface area contributed by atoms with Gasteiger partial charge in [-0.2, -0.15) is 4.39 Å². The molecule has 3 heterocycles. The maximum atomic E-state index is 13.2. The van der Waals surface area contributed by atoms with E-state index in [4.69, 9.17) is 0 Å². The molecule has 4 rings (SSSR count). The molecule has 3 nitrogen and oxygen atoms in total. The molecule has 0 unspecified atom stereocenters. The van der Waals surface area contributed by atoms with E-state index in [1.807, 2.05) is 30.5 Å². The summed E-state index contributed by atoms with van der Waals surface area (Å²) in [7, 11) is 0. The Kier molecular flexibility index (Phi) is 2.29. The first-order valence-corrected chi connectivity index (χ1v) is 6.29. The van der Waals surface area contributed by atoms with Crippen LogP contribution in [0.2, 0.25) is 0 Å². The zero-order valence-electron chi connectivity index (χ0n) is 10.5. The van der Waals surface area contributed by atoms with Gasteiger partial charge < -0.3 is 4.98 Å². The molecule has 0 fully saturated rings.